The molecule has 0 bridgehead atoms. The molecular formula is C20H24N2O2. The van der Waals surface area contributed by atoms with Crippen LogP contribution in [0.2, 0.25) is 0 Å². The maximum atomic E-state index is 12.2. The highest BCUT2D eigenvalue weighted by Crippen LogP contribution is 2.20. The first-order valence-corrected chi connectivity index (χ1v) is 8.09. The predicted molar refractivity (Wildman–Crippen MR) is 98.4 cm³/mol. The van der Waals surface area contributed by atoms with Gasteiger partial charge in [0.25, 0.3) is 0 Å². The molecule has 0 heterocycles. The topological polar surface area (TPSA) is 49.4 Å². The lowest BCUT2D eigenvalue weighted by Gasteiger charge is -2.22. The largest absolute Gasteiger partial charge is 0.326 e. The molecule has 24 heavy (non-hydrogen) atoms. The van der Waals surface area contributed by atoms with Gasteiger partial charge >= 0.3 is 0 Å². The molecule has 2 rings (SSSR count). The molecule has 0 atom stereocenters. The van der Waals surface area contributed by atoms with Gasteiger partial charge in [0, 0.05) is 31.3 Å². The van der Waals surface area contributed by atoms with Crippen molar-refractivity contribution in [3.8, 4) is 0 Å². The minimum atomic E-state index is -0.0990. The number of carbonyl (C=O) groups is 2. The molecular weight excluding hydrogens is 300 g/mol. The Balaban J connectivity index is 2.01. The summed E-state index contributed by atoms with van der Waals surface area (Å²) in [6, 6.07) is 13.5. The van der Waals surface area contributed by atoms with Gasteiger partial charge in [-0.15, -0.1) is 0 Å². The number of hydrogen-bond donors (Lipinski definition) is 1. The first kappa shape index (κ1) is 17.7. The third-order valence-corrected chi connectivity index (χ3v) is 4.14. The van der Waals surface area contributed by atoms with Crippen molar-refractivity contribution >= 4 is 23.2 Å². The zero-order valence-corrected chi connectivity index (χ0v) is 14.7. The summed E-state index contributed by atoms with van der Waals surface area (Å²) in [4.78, 5) is 25.8. The van der Waals surface area contributed by atoms with Crippen LogP contribution in [-0.2, 0) is 9.59 Å². The summed E-state index contributed by atoms with van der Waals surface area (Å²) in [5.41, 5.74) is 4.98. The Morgan fingerprint density at radius 3 is 2.29 bits per heavy atom. The number of benzene rings is 2. The highest BCUT2D eigenvalue weighted by Gasteiger charge is 2.15. The van der Waals surface area contributed by atoms with Crippen LogP contribution in [0.4, 0.5) is 11.4 Å². The van der Waals surface area contributed by atoms with E-state index in [-0.39, 0.29) is 18.2 Å². The third-order valence-electron chi connectivity index (χ3n) is 4.14. The van der Waals surface area contributed by atoms with Gasteiger partial charge in [0.1, 0.15) is 0 Å². The van der Waals surface area contributed by atoms with Gasteiger partial charge in [0.15, 0.2) is 0 Å². The summed E-state index contributed by atoms with van der Waals surface area (Å²) in [7, 11) is 0. The second-order valence-corrected chi connectivity index (χ2v) is 6.05. The van der Waals surface area contributed by atoms with Gasteiger partial charge in [-0.3, -0.25) is 9.59 Å². The standard InChI is InChI=1S/C20H24N2O2/c1-14-9-10-18(13-16(14)3)21-20(24)11-12-22(17(4)23)19-8-6-5-7-15(19)2/h5-10,13H,11-12H2,1-4H3,(H,21,24). The van der Waals surface area contributed by atoms with Crippen molar-refractivity contribution in [3.05, 3.63) is 59.2 Å². The lowest BCUT2D eigenvalue weighted by molar-refractivity contribution is -0.117. The fourth-order valence-electron chi connectivity index (χ4n) is 2.57. The first-order chi connectivity index (χ1) is 11.4. The lowest BCUT2D eigenvalue weighted by Crippen LogP contribution is -2.32. The molecule has 0 radical (unpaired) electrons. The van der Waals surface area contributed by atoms with Crippen LogP contribution in [0.3, 0.4) is 0 Å². The van der Waals surface area contributed by atoms with Crippen molar-refractivity contribution in [3.63, 3.8) is 0 Å². The number of aryl methyl sites for hydroxylation is 3. The van der Waals surface area contributed by atoms with Crippen molar-refractivity contribution in [2.75, 3.05) is 16.8 Å². The van der Waals surface area contributed by atoms with Gasteiger partial charge in [-0.05, 0) is 55.7 Å². The van der Waals surface area contributed by atoms with Gasteiger partial charge in [-0.1, -0.05) is 24.3 Å². The summed E-state index contributed by atoms with van der Waals surface area (Å²) in [6.07, 6.45) is 0.251. The van der Waals surface area contributed by atoms with E-state index >= 15 is 0 Å². The second kappa shape index (κ2) is 7.77. The number of para-hydroxylation sites is 1. The number of hydrogen-bond acceptors (Lipinski definition) is 2. The average Bonchev–Trinajstić information content (AvgIpc) is 2.52. The molecule has 0 unspecified atom stereocenters. The third kappa shape index (κ3) is 4.44. The molecule has 1 N–H and O–H groups in total. The predicted octanol–water partition coefficient (Wildman–Crippen LogP) is 3.99. The maximum Gasteiger partial charge on any atom is 0.226 e. The zero-order chi connectivity index (χ0) is 17.7. The molecule has 0 aromatic heterocycles. The maximum absolute atomic E-state index is 12.2. The summed E-state index contributed by atoms with van der Waals surface area (Å²) in [6.45, 7) is 7.89. The Morgan fingerprint density at radius 2 is 1.67 bits per heavy atom. The van der Waals surface area contributed by atoms with Gasteiger partial charge in [0.05, 0.1) is 0 Å². The Hall–Kier alpha value is -2.62. The molecule has 126 valence electrons. The molecule has 0 saturated carbocycles. The van der Waals surface area contributed by atoms with Crippen LogP contribution in [0.1, 0.15) is 30.0 Å². The molecule has 2 amide bonds. The minimum Gasteiger partial charge on any atom is -0.326 e. The van der Waals surface area contributed by atoms with E-state index in [2.05, 4.69) is 5.32 Å². The minimum absolute atomic E-state index is 0.0664. The van der Waals surface area contributed by atoms with Crippen molar-refractivity contribution < 1.29 is 9.59 Å². The quantitative estimate of drug-likeness (QED) is 0.904. The Morgan fingerprint density at radius 1 is 0.958 bits per heavy atom. The smallest absolute Gasteiger partial charge is 0.226 e. The molecule has 4 nitrogen and oxygen atoms in total. The molecule has 0 saturated heterocycles. The Bertz CT molecular complexity index is 753. The van der Waals surface area contributed by atoms with Gasteiger partial charge in [0.2, 0.25) is 11.8 Å². The van der Waals surface area contributed by atoms with E-state index in [0.29, 0.717) is 6.54 Å². The molecule has 2 aromatic rings. The van der Waals surface area contributed by atoms with Crippen LogP contribution < -0.4 is 10.2 Å². The highest BCUT2D eigenvalue weighted by atomic mass is 16.2. The van der Waals surface area contributed by atoms with Crippen LogP contribution >= 0.6 is 0 Å². The van der Waals surface area contributed by atoms with E-state index in [0.717, 1.165) is 22.5 Å². The van der Waals surface area contributed by atoms with Crippen LogP contribution in [0.5, 0.6) is 0 Å². The Kier molecular flexibility index (Phi) is 5.74. The van der Waals surface area contributed by atoms with Gasteiger partial charge in [-0.2, -0.15) is 0 Å². The van der Waals surface area contributed by atoms with E-state index in [1.807, 2.05) is 63.2 Å². The number of nitrogens with one attached hydrogen (secondary N) is 1. The number of rotatable bonds is 5. The van der Waals surface area contributed by atoms with Crippen molar-refractivity contribution in [2.24, 2.45) is 0 Å². The molecule has 0 aliphatic carbocycles. The second-order valence-electron chi connectivity index (χ2n) is 6.05. The summed E-state index contributed by atoms with van der Waals surface area (Å²) in [5, 5.41) is 2.89. The first-order valence-electron chi connectivity index (χ1n) is 8.09. The molecule has 0 spiro atoms. The summed E-state index contributed by atoms with van der Waals surface area (Å²) in [5.74, 6) is -0.165. The zero-order valence-electron chi connectivity index (χ0n) is 14.7. The SMILES string of the molecule is CC(=O)N(CCC(=O)Nc1ccc(C)c(C)c1)c1ccccc1C. The van der Waals surface area contributed by atoms with E-state index in [1.165, 1.54) is 12.5 Å². The van der Waals surface area contributed by atoms with E-state index in [1.54, 1.807) is 4.90 Å². The van der Waals surface area contributed by atoms with E-state index in [4.69, 9.17) is 0 Å². The molecule has 0 fully saturated rings. The van der Waals surface area contributed by atoms with Gasteiger partial charge < -0.3 is 10.2 Å². The molecule has 2 aromatic carbocycles. The fraction of sp³-hybridized carbons (Fsp3) is 0.300. The van der Waals surface area contributed by atoms with Crippen molar-refractivity contribution in [2.45, 2.75) is 34.1 Å². The molecule has 0 aliphatic heterocycles. The van der Waals surface area contributed by atoms with E-state index < -0.39 is 0 Å². The van der Waals surface area contributed by atoms with Crippen LogP contribution in [-0.4, -0.2) is 18.4 Å². The van der Waals surface area contributed by atoms with Crippen molar-refractivity contribution in [1.29, 1.82) is 0 Å². The average molecular weight is 324 g/mol. The van der Waals surface area contributed by atoms with Gasteiger partial charge in [-0.25, -0.2) is 0 Å². The molecule has 0 aliphatic rings. The van der Waals surface area contributed by atoms with E-state index in [9.17, 15) is 9.59 Å². The Labute approximate surface area is 143 Å². The van der Waals surface area contributed by atoms with Crippen LogP contribution in [0.25, 0.3) is 0 Å². The monoisotopic (exact) mass is 324 g/mol. The fourth-order valence-corrected chi connectivity index (χ4v) is 2.57. The number of amides is 2. The van der Waals surface area contributed by atoms with Crippen molar-refractivity contribution in [1.82, 2.24) is 0 Å². The lowest BCUT2D eigenvalue weighted by atomic mass is 10.1. The number of carbonyl (C=O) groups excluding carboxylic acids is 2. The number of nitrogens with zero attached hydrogens (tertiary/aromatic N) is 1. The van der Waals surface area contributed by atoms with Crippen LogP contribution in [0, 0.1) is 20.8 Å². The summed E-state index contributed by atoms with van der Waals surface area (Å²) < 4.78 is 0. The number of anilines is 2. The molecule has 4 heteroatoms. The summed E-state index contributed by atoms with van der Waals surface area (Å²) >= 11 is 0. The van der Waals surface area contributed by atoms with Crippen LogP contribution in [0.15, 0.2) is 42.5 Å². The highest BCUT2D eigenvalue weighted by molar-refractivity contribution is 5.95. The normalized spacial score (nSPS) is 10.3.